The second-order valence-electron chi connectivity index (χ2n) is 6.87. The summed E-state index contributed by atoms with van der Waals surface area (Å²) in [5.74, 6) is 0.530. The average Bonchev–Trinajstić information content (AvgIpc) is 2.53. The summed E-state index contributed by atoms with van der Waals surface area (Å²) in [6.45, 7) is 8.84. The van der Waals surface area contributed by atoms with E-state index in [1.165, 1.54) is 0 Å². The number of piperazine rings is 1. The van der Waals surface area contributed by atoms with E-state index in [-0.39, 0.29) is 17.5 Å². The largest absolute Gasteiger partial charge is 0.415 e. The van der Waals surface area contributed by atoms with Crippen molar-refractivity contribution in [3.05, 3.63) is 30.3 Å². The SMILES string of the molecule is CC(C)(C)CNC(=O)N1CCN(C(=O)Oc2ccccc2)CC1. The van der Waals surface area contributed by atoms with Gasteiger partial charge in [-0.05, 0) is 17.5 Å². The zero-order chi connectivity index (χ0) is 16.9. The minimum absolute atomic E-state index is 0.0526. The number of hydrogen-bond acceptors (Lipinski definition) is 3. The van der Waals surface area contributed by atoms with E-state index in [4.69, 9.17) is 4.74 Å². The minimum atomic E-state index is -0.369. The predicted octanol–water partition coefficient (Wildman–Crippen LogP) is 2.56. The molecular formula is C17H25N3O3. The number of amides is 3. The molecule has 0 radical (unpaired) electrons. The summed E-state index contributed by atoms with van der Waals surface area (Å²) in [5, 5.41) is 2.93. The van der Waals surface area contributed by atoms with E-state index in [0.29, 0.717) is 38.5 Å². The molecule has 6 heteroatoms. The molecule has 0 bridgehead atoms. The summed E-state index contributed by atoms with van der Waals surface area (Å²) in [6, 6.07) is 8.92. The highest BCUT2D eigenvalue weighted by atomic mass is 16.6. The molecule has 1 heterocycles. The number of carbonyl (C=O) groups excluding carboxylic acids is 2. The van der Waals surface area contributed by atoms with Crippen LogP contribution in [-0.4, -0.2) is 54.6 Å². The fourth-order valence-corrected chi connectivity index (χ4v) is 2.20. The van der Waals surface area contributed by atoms with Gasteiger partial charge in [0.15, 0.2) is 0 Å². The van der Waals surface area contributed by atoms with E-state index in [2.05, 4.69) is 26.1 Å². The van der Waals surface area contributed by atoms with Crippen molar-refractivity contribution in [2.24, 2.45) is 5.41 Å². The molecule has 3 amide bonds. The van der Waals surface area contributed by atoms with Gasteiger partial charge in [-0.15, -0.1) is 0 Å². The lowest BCUT2D eigenvalue weighted by Gasteiger charge is -2.34. The van der Waals surface area contributed by atoms with E-state index in [0.717, 1.165) is 0 Å². The molecule has 1 aliphatic rings. The Morgan fingerprint density at radius 1 is 1.04 bits per heavy atom. The van der Waals surface area contributed by atoms with Crippen LogP contribution in [0.4, 0.5) is 9.59 Å². The molecule has 0 saturated carbocycles. The normalized spacial score (nSPS) is 15.3. The van der Waals surface area contributed by atoms with Gasteiger partial charge in [0.2, 0.25) is 0 Å². The monoisotopic (exact) mass is 319 g/mol. The molecule has 0 spiro atoms. The summed E-state index contributed by atoms with van der Waals surface area (Å²) >= 11 is 0. The maximum absolute atomic E-state index is 12.1. The van der Waals surface area contributed by atoms with Gasteiger partial charge in [-0.2, -0.15) is 0 Å². The van der Waals surface area contributed by atoms with Gasteiger partial charge in [0, 0.05) is 32.7 Å². The van der Waals surface area contributed by atoms with Crippen molar-refractivity contribution in [2.45, 2.75) is 20.8 Å². The molecule has 0 aromatic heterocycles. The lowest BCUT2D eigenvalue weighted by atomic mass is 9.97. The van der Waals surface area contributed by atoms with E-state index in [9.17, 15) is 9.59 Å². The van der Waals surface area contributed by atoms with Crippen LogP contribution >= 0.6 is 0 Å². The van der Waals surface area contributed by atoms with Crippen LogP contribution in [0.15, 0.2) is 30.3 Å². The van der Waals surface area contributed by atoms with Gasteiger partial charge in [-0.3, -0.25) is 0 Å². The number of para-hydroxylation sites is 1. The van der Waals surface area contributed by atoms with Gasteiger partial charge in [0.25, 0.3) is 0 Å². The van der Waals surface area contributed by atoms with E-state index in [1.807, 2.05) is 18.2 Å². The summed E-state index contributed by atoms with van der Waals surface area (Å²) in [5.41, 5.74) is 0.0526. The van der Waals surface area contributed by atoms with Crippen LogP contribution in [-0.2, 0) is 0 Å². The Morgan fingerprint density at radius 2 is 1.61 bits per heavy atom. The molecule has 1 saturated heterocycles. The van der Waals surface area contributed by atoms with Crippen LogP contribution in [0.2, 0.25) is 0 Å². The molecule has 1 N–H and O–H groups in total. The molecule has 0 unspecified atom stereocenters. The second kappa shape index (κ2) is 7.35. The van der Waals surface area contributed by atoms with Crippen molar-refractivity contribution >= 4 is 12.1 Å². The van der Waals surface area contributed by atoms with Crippen LogP contribution in [0.25, 0.3) is 0 Å². The molecule has 1 aliphatic heterocycles. The molecule has 0 atom stereocenters. The molecular weight excluding hydrogens is 294 g/mol. The van der Waals surface area contributed by atoms with Gasteiger partial charge < -0.3 is 19.9 Å². The molecule has 1 aromatic rings. The molecule has 126 valence electrons. The third-order valence-corrected chi connectivity index (χ3v) is 3.54. The first kappa shape index (κ1) is 17.1. The number of carbonyl (C=O) groups is 2. The summed E-state index contributed by atoms with van der Waals surface area (Å²) < 4.78 is 5.31. The van der Waals surface area contributed by atoms with Gasteiger partial charge in [-0.25, -0.2) is 9.59 Å². The van der Waals surface area contributed by atoms with Gasteiger partial charge >= 0.3 is 12.1 Å². The molecule has 0 aliphatic carbocycles. The number of urea groups is 1. The summed E-state index contributed by atoms with van der Waals surface area (Å²) in [4.78, 5) is 27.5. The Labute approximate surface area is 137 Å². The first-order chi connectivity index (χ1) is 10.8. The first-order valence-corrected chi connectivity index (χ1v) is 7.90. The molecule has 1 aromatic carbocycles. The van der Waals surface area contributed by atoms with Crippen LogP contribution < -0.4 is 10.1 Å². The number of rotatable bonds is 2. The van der Waals surface area contributed by atoms with Crippen LogP contribution in [0.3, 0.4) is 0 Å². The Hall–Kier alpha value is -2.24. The average molecular weight is 319 g/mol. The smallest absolute Gasteiger partial charge is 0.410 e. The van der Waals surface area contributed by atoms with Crippen molar-refractivity contribution in [3.63, 3.8) is 0 Å². The highest BCUT2D eigenvalue weighted by Crippen LogP contribution is 2.13. The van der Waals surface area contributed by atoms with Crippen molar-refractivity contribution < 1.29 is 14.3 Å². The lowest BCUT2D eigenvalue weighted by Crippen LogP contribution is -2.54. The van der Waals surface area contributed by atoms with Gasteiger partial charge in [0.05, 0.1) is 0 Å². The van der Waals surface area contributed by atoms with Crippen LogP contribution in [0.5, 0.6) is 5.75 Å². The van der Waals surface area contributed by atoms with Crippen molar-refractivity contribution in [1.29, 1.82) is 0 Å². The fourth-order valence-electron chi connectivity index (χ4n) is 2.20. The zero-order valence-electron chi connectivity index (χ0n) is 14.0. The maximum atomic E-state index is 12.1. The standard InChI is InChI=1S/C17H25N3O3/c1-17(2,3)13-18-15(21)19-9-11-20(12-10-19)16(22)23-14-7-5-4-6-8-14/h4-8H,9-13H2,1-3H3,(H,18,21). The molecule has 6 nitrogen and oxygen atoms in total. The predicted molar refractivity (Wildman–Crippen MR) is 88.5 cm³/mol. The third-order valence-electron chi connectivity index (χ3n) is 3.54. The lowest BCUT2D eigenvalue weighted by molar-refractivity contribution is 0.116. The summed E-state index contributed by atoms with van der Waals surface area (Å²) in [7, 11) is 0. The highest BCUT2D eigenvalue weighted by molar-refractivity contribution is 5.75. The van der Waals surface area contributed by atoms with E-state index >= 15 is 0 Å². The Bertz CT molecular complexity index is 532. The topological polar surface area (TPSA) is 61.9 Å². The highest BCUT2D eigenvalue weighted by Gasteiger charge is 2.25. The van der Waals surface area contributed by atoms with Crippen LogP contribution in [0.1, 0.15) is 20.8 Å². The molecule has 1 fully saturated rings. The second-order valence-corrected chi connectivity index (χ2v) is 6.87. The zero-order valence-corrected chi connectivity index (χ0v) is 14.0. The number of nitrogens with one attached hydrogen (secondary N) is 1. The van der Waals surface area contributed by atoms with Gasteiger partial charge in [0.1, 0.15) is 5.75 Å². The van der Waals surface area contributed by atoms with E-state index < -0.39 is 0 Å². The fraction of sp³-hybridized carbons (Fsp3) is 0.529. The molecule has 23 heavy (non-hydrogen) atoms. The number of benzene rings is 1. The number of ether oxygens (including phenoxy) is 1. The Morgan fingerprint density at radius 3 is 2.17 bits per heavy atom. The molecule has 2 rings (SSSR count). The maximum Gasteiger partial charge on any atom is 0.415 e. The Kier molecular flexibility index (Phi) is 5.47. The third kappa shape index (κ3) is 5.47. The van der Waals surface area contributed by atoms with E-state index in [1.54, 1.807) is 21.9 Å². The first-order valence-electron chi connectivity index (χ1n) is 7.90. The minimum Gasteiger partial charge on any atom is -0.410 e. The quantitative estimate of drug-likeness (QED) is 0.911. The van der Waals surface area contributed by atoms with Crippen LogP contribution in [0, 0.1) is 5.41 Å². The van der Waals surface area contributed by atoms with Crippen molar-refractivity contribution in [3.8, 4) is 5.75 Å². The van der Waals surface area contributed by atoms with Crippen molar-refractivity contribution in [1.82, 2.24) is 15.1 Å². The number of nitrogens with zero attached hydrogens (tertiary/aromatic N) is 2. The van der Waals surface area contributed by atoms with Gasteiger partial charge in [-0.1, -0.05) is 39.0 Å². The van der Waals surface area contributed by atoms with Crippen molar-refractivity contribution in [2.75, 3.05) is 32.7 Å². The number of hydrogen-bond donors (Lipinski definition) is 1. The summed E-state index contributed by atoms with van der Waals surface area (Å²) in [6.07, 6.45) is -0.369. The Balaban J connectivity index is 1.77.